The van der Waals surface area contributed by atoms with Crippen LogP contribution in [0, 0.1) is 10.1 Å². The summed E-state index contributed by atoms with van der Waals surface area (Å²) < 4.78 is 4.81. The van der Waals surface area contributed by atoms with E-state index in [0.29, 0.717) is 22.0 Å². The molecule has 30 heavy (non-hydrogen) atoms. The van der Waals surface area contributed by atoms with Crippen LogP contribution in [0.15, 0.2) is 42.5 Å². The van der Waals surface area contributed by atoms with Gasteiger partial charge < -0.3 is 15.0 Å². The van der Waals surface area contributed by atoms with Crippen LogP contribution in [-0.2, 0) is 22.5 Å². The highest BCUT2D eigenvalue weighted by atomic mass is 35.5. The minimum atomic E-state index is -0.572. The molecule has 0 saturated heterocycles. The van der Waals surface area contributed by atoms with E-state index in [2.05, 4.69) is 5.32 Å². The summed E-state index contributed by atoms with van der Waals surface area (Å²) in [4.78, 5) is 36.4. The van der Waals surface area contributed by atoms with Crippen molar-refractivity contribution < 1.29 is 19.2 Å². The Bertz CT molecular complexity index is 923. The number of nitrogens with one attached hydrogen (secondary N) is 1. The van der Waals surface area contributed by atoms with Gasteiger partial charge in [0.2, 0.25) is 0 Å². The van der Waals surface area contributed by atoms with Gasteiger partial charge in [0.15, 0.2) is 0 Å². The van der Waals surface area contributed by atoms with E-state index in [1.54, 1.807) is 43.3 Å². The van der Waals surface area contributed by atoms with Crippen molar-refractivity contribution in [2.45, 2.75) is 19.9 Å². The maximum absolute atomic E-state index is 12.7. The fraction of sp³-hybridized carbons (Fsp3) is 0.300. The van der Waals surface area contributed by atoms with Crippen molar-refractivity contribution in [2.24, 2.45) is 0 Å². The van der Waals surface area contributed by atoms with Gasteiger partial charge in [-0.05, 0) is 31.0 Å². The third kappa shape index (κ3) is 6.89. The fourth-order valence-electron chi connectivity index (χ4n) is 2.73. The number of nitrogens with zero attached hydrogens (tertiary/aromatic N) is 2. The molecule has 2 rings (SSSR count). The van der Waals surface area contributed by atoms with E-state index in [1.165, 1.54) is 11.0 Å². The molecule has 0 aliphatic rings. The van der Waals surface area contributed by atoms with Crippen LogP contribution in [0.2, 0.25) is 10.0 Å². The minimum absolute atomic E-state index is 0.0168. The van der Waals surface area contributed by atoms with E-state index < -0.39 is 16.9 Å². The Morgan fingerprint density at radius 1 is 1.17 bits per heavy atom. The zero-order valence-electron chi connectivity index (χ0n) is 16.3. The Morgan fingerprint density at radius 2 is 1.90 bits per heavy atom. The highest BCUT2D eigenvalue weighted by molar-refractivity contribution is 6.35. The molecular formula is C20H21Cl2N3O5. The largest absolute Gasteiger partial charge is 0.465 e. The van der Waals surface area contributed by atoms with E-state index in [1.807, 2.05) is 0 Å². The van der Waals surface area contributed by atoms with E-state index >= 15 is 0 Å². The molecule has 0 aromatic heterocycles. The summed E-state index contributed by atoms with van der Waals surface area (Å²) in [6.07, 6.45) is 0.392. The van der Waals surface area contributed by atoms with Gasteiger partial charge in [-0.15, -0.1) is 0 Å². The molecule has 8 nitrogen and oxygen atoms in total. The van der Waals surface area contributed by atoms with Crippen molar-refractivity contribution in [3.05, 3.63) is 73.8 Å². The third-order valence-electron chi connectivity index (χ3n) is 4.19. The number of halogens is 2. The van der Waals surface area contributed by atoms with Crippen LogP contribution in [0.5, 0.6) is 0 Å². The summed E-state index contributed by atoms with van der Waals surface area (Å²) in [5, 5.41) is 14.7. The van der Waals surface area contributed by atoms with E-state index in [-0.39, 0.29) is 31.9 Å². The number of carbonyl (C=O) groups is 2. The molecule has 0 radical (unpaired) electrons. The molecule has 2 aromatic carbocycles. The molecule has 1 N–H and O–H groups in total. The molecule has 0 bridgehead atoms. The molecule has 0 atom stereocenters. The zero-order valence-corrected chi connectivity index (χ0v) is 17.8. The molecule has 0 aliphatic heterocycles. The number of nitro groups is 1. The number of urea groups is 1. The van der Waals surface area contributed by atoms with Gasteiger partial charge in [-0.3, -0.25) is 14.9 Å². The molecule has 0 fully saturated rings. The fourth-order valence-corrected chi connectivity index (χ4v) is 3.24. The Balaban J connectivity index is 2.18. The molecule has 0 heterocycles. The Kier molecular flexibility index (Phi) is 8.89. The van der Waals surface area contributed by atoms with Gasteiger partial charge in [0.05, 0.1) is 18.1 Å². The van der Waals surface area contributed by atoms with Crippen LogP contribution >= 0.6 is 23.2 Å². The summed E-state index contributed by atoms with van der Waals surface area (Å²) in [6, 6.07) is 10.7. The minimum Gasteiger partial charge on any atom is -0.465 e. The second-order valence-electron chi connectivity index (χ2n) is 6.26. The Morgan fingerprint density at radius 3 is 2.57 bits per heavy atom. The topological polar surface area (TPSA) is 102 Å². The second kappa shape index (κ2) is 11.4. The predicted molar refractivity (Wildman–Crippen MR) is 114 cm³/mol. The van der Waals surface area contributed by atoms with Gasteiger partial charge in [-0.1, -0.05) is 47.5 Å². The number of hydrogen-bond acceptors (Lipinski definition) is 5. The lowest BCUT2D eigenvalue weighted by molar-refractivity contribution is -0.385. The van der Waals surface area contributed by atoms with Gasteiger partial charge in [-0.2, -0.15) is 0 Å². The van der Waals surface area contributed by atoms with Gasteiger partial charge in [0.25, 0.3) is 5.69 Å². The molecular weight excluding hydrogens is 433 g/mol. The number of para-hydroxylation sites is 1. The first-order valence-corrected chi connectivity index (χ1v) is 9.92. The van der Waals surface area contributed by atoms with E-state index in [9.17, 15) is 19.7 Å². The van der Waals surface area contributed by atoms with Gasteiger partial charge in [0, 0.05) is 28.2 Å². The van der Waals surface area contributed by atoms with Crippen molar-refractivity contribution in [3.8, 4) is 0 Å². The van der Waals surface area contributed by atoms with Gasteiger partial charge in [0.1, 0.15) is 6.54 Å². The van der Waals surface area contributed by atoms with Crippen molar-refractivity contribution in [1.82, 2.24) is 10.2 Å². The van der Waals surface area contributed by atoms with Crippen molar-refractivity contribution >= 4 is 40.9 Å². The van der Waals surface area contributed by atoms with Crippen LogP contribution in [0.4, 0.5) is 10.5 Å². The third-order valence-corrected chi connectivity index (χ3v) is 4.78. The average Bonchev–Trinajstić information content (AvgIpc) is 2.70. The van der Waals surface area contributed by atoms with E-state index in [4.69, 9.17) is 27.9 Å². The first kappa shape index (κ1) is 23.4. The standard InChI is InChI=1S/C20H21Cl2N3O5/c1-2-30-19(26)12-23-20(27)24(10-9-14-7-8-16(21)11-17(14)22)13-15-5-3-4-6-18(15)25(28)29/h3-8,11H,2,9-10,12-13H2,1H3,(H,23,27). The van der Waals surface area contributed by atoms with Crippen LogP contribution in [-0.4, -0.2) is 41.5 Å². The molecule has 0 spiro atoms. The molecule has 2 aromatic rings. The summed E-state index contributed by atoms with van der Waals surface area (Å²) in [6.45, 7) is 1.75. The Labute approximate surface area is 183 Å². The SMILES string of the molecule is CCOC(=O)CNC(=O)N(CCc1ccc(Cl)cc1Cl)Cc1ccccc1[N+](=O)[O-]. The van der Waals surface area contributed by atoms with Crippen LogP contribution in [0.1, 0.15) is 18.1 Å². The number of rotatable bonds is 9. The quantitative estimate of drug-likeness (QED) is 0.347. The lowest BCUT2D eigenvalue weighted by Crippen LogP contribution is -2.43. The average molecular weight is 454 g/mol. The molecule has 0 saturated carbocycles. The van der Waals surface area contributed by atoms with Crippen molar-refractivity contribution in [3.63, 3.8) is 0 Å². The number of carbonyl (C=O) groups excluding carboxylic acids is 2. The number of benzene rings is 2. The van der Waals surface area contributed by atoms with Crippen LogP contribution in [0.3, 0.4) is 0 Å². The number of nitro benzene ring substituents is 1. The summed E-state index contributed by atoms with van der Waals surface area (Å²) in [5.41, 5.74) is 1.05. The Hall–Kier alpha value is -2.84. The molecule has 2 amide bonds. The number of amides is 2. The van der Waals surface area contributed by atoms with Crippen LogP contribution < -0.4 is 5.32 Å². The first-order valence-electron chi connectivity index (χ1n) is 9.16. The monoisotopic (exact) mass is 453 g/mol. The van der Waals surface area contributed by atoms with Gasteiger partial charge in [-0.25, -0.2) is 4.79 Å². The summed E-state index contributed by atoms with van der Waals surface area (Å²) >= 11 is 12.1. The van der Waals surface area contributed by atoms with Crippen LogP contribution in [0.25, 0.3) is 0 Å². The number of hydrogen-bond donors (Lipinski definition) is 1. The molecule has 0 aliphatic carbocycles. The zero-order chi connectivity index (χ0) is 22.1. The maximum Gasteiger partial charge on any atom is 0.325 e. The van der Waals surface area contributed by atoms with Crippen molar-refractivity contribution in [1.29, 1.82) is 0 Å². The highest BCUT2D eigenvalue weighted by Gasteiger charge is 2.20. The lowest BCUT2D eigenvalue weighted by atomic mass is 10.1. The number of ether oxygens (including phenoxy) is 1. The molecule has 0 unspecified atom stereocenters. The summed E-state index contributed by atoms with van der Waals surface area (Å²) in [7, 11) is 0. The molecule has 160 valence electrons. The first-order chi connectivity index (χ1) is 14.3. The number of esters is 1. The lowest BCUT2D eigenvalue weighted by Gasteiger charge is -2.23. The van der Waals surface area contributed by atoms with Crippen molar-refractivity contribution in [2.75, 3.05) is 19.7 Å². The normalized spacial score (nSPS) is 10.4. The highest BCUT2D eigenvalue weighted by Crippen LogP contribution is 2.23. The second-order valence-corrected chi connectivity index (χ2v) is 7.10. The smallest absolute Gasteiger partial charge is 0.325 e. The maximum atomic E-state index is 12.7. The van der Waals surface area contributed by atoms with E-state index in [0.717, 1.165) is 5.56 Å². The summed E-state index contributed by atoms with van der Waals surface area (Å²) in [5.74, 6) is -0.572. The van der Waals surface area contributed by atoms with Gasteiger partial charge >= 0.3 is 12.0 Å². The molecule has 10 heteroatoms. The predicted octanol–water partition coefficient (Wildman–Crippen LogP) is 4.22.